The molecule has 0 atom stereocenters. The number of esters is 1. The van der Waals surface area contributed by atoms with Gasteiger partial charge in [-0.25, -0.2) is 0 Å². The van der Waals surface area contributed by atoms with Gasteiger partial charge in [-0.1, -0.05) is 13.8 Å². The maximum Gasteiger partial charge on any atom is 0.305 e. The zero-order valence-electron chi connectivity index (χ0n) is 7.35. The minimum Gasteiger partial charge on any atom is -0.465 e. The third-order valence-electron chi connectivity index (χ3n) is 1.04. The molecule has 2 nitrogen and oxygen atoms in total. The molecule has 0 saturated heterocycles. The van der Waals surface area contributed by atoms with Gasteiger partial charge in [-0.05, 0) is 20.3 Å². The fourth-order valence-corrected chi connectivity index (χ4v) is 0.531. The standard InChI is InChI=1S/C9H16O2/c1-5-6-8(10)11-7-9(2,3)4/h2-3,5-7H2,1,4H3. The molecule has 0 aromatic rings. The minimum atomic E-state index is -0.413. The van der Waals surface area contributed by atoms with E-state index >= 15 is 0 Å². The molecular formula is C9H16O2. The monoisotopic (exact) mass is 156 g/mol. The van der Waals surface area contributed by atoms with Gasteiger partial charge < -0.3 is 4.74 Å². The summed E-state index contributed by atoms with van der Waals surface area (Å²) in [6, 6.07) is 0. The average Bonchev–Trinajstić information content (AvgIpc) is 1.83. The number of ether oxygens (including phenoxy) is 1. The van der Waals surface area contributed by atoms with Crippen LogP contribution in [0.3, 0.4) is 0 Å². The minimum absolute atomic E-state index is 0.161. The zero-order valence-corrected chi connectivity index (χ0v) is 7.35. The van der Waals surface area contributed by atoms with E-state index in [9.17, 15) is 4.79 Å². The van der Waals surface area contributed by atoms with Gasteiger partial charge in [-0.3, -0.25) is 4.79 Å². The lowest BCUT2D eigenvalue weighted by atomic mass is 9.99. The highest BCUT2D eigenvalue weighted by molar-refractivity contribution is 5.69. The van der Waals surface area contributed by atoms with E-state index in [2.05, 4.69) is 13.8 Å². The highest BCUT2D eigenvalue weighted by Crippen LogP contribution is 2.11. The van der Waals surface area contributed by atoms with E-state index in [1.807, 2.05) is 13.8 Å². The summed E-state index contributed by atoms with van der Waals surface area (Å²) in [4.78, 5) is 10.8. The van der Waals surface area contributed by atoms with Crippen molar-refractivity contribution in [1.82, 2.24) is 0 Å². The molecule has 64 valence electrons. The van der Waals surface area contributed by atoms with Crippen LogP contribution in [0.5, 0.6) is 0 Å². The summed E-state index contributed by atoms with van der Waals surface area (Å²) in [5, 5.41) is 0. The molecule has 2 radical (unpaired) electrons. The Morgan fingerprint density at radius 3 is 2.45 bits per heavy atom. The van der Waals surface area contributed by atoms with Gasteiger partial charge in [-0.2, -0.15) is 0 Å². The third kappa shape index (κ3) is 7.37. The van der Waals surface area contributed by atoms with Gasteiger partial charge in [0.05, 0.1) is 6.61 Å². The Morgan fingerprint density at radius 1 is 1.55 bits per heavy atom. The summed E-state index contributed by atoms with van der Waals surface area (Å²) >= 11 is 0. The molecule has 0 N–H and O–H groups in total. The Hall–Kier alpha value is -0.530. The lowest BCUT2D eigenvalue weighted by molar-refractivity contribution is -0.145. The van der Waals surface area contributed by atoms with E-state index in [4.69, 9.17) is 4.74 Å². The van der Waals surface area contributed by atoms with Crippen LogP contribution < -0.4 is 0 Å². The maximum absolute atomic E-state index is 10.8. The molecule has 0 aromatic carbocycles. The Kier molecular flexibility index (Phi) is 4.16. The Bertz CT molecular complexity index is 122. The van der Waals surface area contributed by atoms with E-state index in [0.29, 0.717) is 13.0 Å². The van der Waals surface area contributed by atoms with Crippen molar-refractivity contribution in [3.63, 3.8) is 0 Å². The van der Waals surface area contributed by atoms with Crippen LogP contribution in [0.2, 0.25) is 0 Å². The van der Waals surface area contributed by atoms with Crippen LogP contribution in [0.25, 0.3) is 0 Å². The van der Waals surface area contributed by atoms with Gasteiger partial charge in [0.15, 0.2) is 0 Å². The quantitative estimate of drug-likeness (QED) is 0.582. The van der Waals surface area contributed by atoms with Crippen molar-refractivity contribution in [2.75, 3.05) is 6.61 Å². The average molecular weight is 156 g/mol. The SMILES string of the molecule is [CH2]C([CH2])(C)COC(=O)CCC. The van der Waals surface area contributed by atoms with E-state index in [1.165, 1.54) is 0 Å². The molecule has 0 aliphatic rings. The van der Waals surface area contributed by atoms with Crippen LogP contribution in [-0.4, -0.2) is 12.6 Å². The third-order valence-corrected chi connectivity index (χ3v) is 1.04. The predicted molar refractivity (Wildman–Crippen MR) is 44.7 cm³/mol. The molecular weight excluding hydrogens is 140 g/mol. The number of hydrogen-bond donors (Lipinski definition) is 0. The highest BCUT2D eigenvalue weighted by Gasteiger charge is 2.13. The predicted octanol–water partition coefficient (Wildman–Crippen LogP) is 2.00. The summed E-state index contributed by atoms with van der Waals surface area (Å²) in [7, 11) is 0. The molecule has 0 aromatic heterocycles. The molecule has 2 heteroatoms. The van der Waals surface area contributed by atoms with Crippen molar-refractivity contribution in [3.8, 4) is 0 Å². The van der Waals surface area contributed by atoms with E-state index in [-0.39, 0.29) is 5.97 Å². The van der Waals surface area contributed by atoms with Gasteiger partial charge >= 0.3 is 5.97 Å². The fourth-order valence-electron chi connectivity index (χ4n) is 0.531. The van der Waals surface area contributed by atoms with Gasteiger partial charge in [0.25, 0.3) is 0 Å². The van der Waals surface area contributed by atoms with E-state index in [0.717, 1.165) is 6.42 Å². The van der Waals surface area contributed by atoms with Gasteiger partial charge in [0.2, 0.25) is 0 Å². The zero-order chi connectivity index (χ0) is 8.91. The first-order chi connectivity index (χ1) is 4.95. The first-order valence-corrected chi connectivity index (χ1v) is 3.82. The molecule has 0 aliphatic carbocycles. The number of carbonyl (C=O) groups is 1. The molecule has 0 heterocycles. The topological polar surface area (TPSA) is 26.3 Å². The fraction of sp³-hybridized carbons (Fsp3) is 0.667. The summed E-state index contributed by atoms with van der Waals surface area (Å²) in [5.41, 5.74) is -0.413. The van der Waals surface area contributed by atoms with Gasteiger partial charge in [0, 0.05) is 11.8 Å². The number of rotatable bonds is 4. The van der Waals surface area contributed by atoms with Crippen molar-refractivity contribution in [1.29, 1.82) is 0 Å². The highest BCUT2D eigenvalue weighted by atomic mass is 16.5. The van der Waals surface area contributed by atoms with Crippen LogP contribution >= 0.6 is 0 Å². The molecule has 0 saturated carbocycles. The number of carbonyl (C=O) groups excluding carboxylic acids is 1. The Balaban J connectivity index is 3.46. The first-order valence-electron chi connectivity index (χ1n) is 3.82. The first kappa shape index (κ1) is 10.5. The van der Waals surface area contributed by atoms with Crippen molar-refractivity contribution in [2.24, 2.45) is 5.41 Å². The van der Waals surface area contributed by atoms with Gasteiger partial charge in [0.1, 0.15) is 0 Å². The van der Waals surface area contributed by atoms with E-state index in [1.54, 1.807) is 0 Å². The van der Waals surface area contributed by atoms with Crippen molar-refractivity contribution >= 4 is 5.97 Å². The molecule has 0 rings (SSSR count). The summed E-state index contributed by atoms with van der Waals surface area (Å²) in [5.74, 6) is -0.161. The molecule has 0 unspecified atom stereocenters. The normalized spacial score (nSPS) is 11.3. The molecule has 0 aliphatic heterocycles. The second-order valence-electron chi connectivity index (χ2n) is 3.22. The molecule has 0 spiro atoms. The van der Waals surface area contributed by atoms with Crippen molar-refractivity contribution in [2.45, 2.75) is 26.7 Å². The molecule has 0 fully saturated rings. The van der Waals surface area contributed by atoms with Crippen LogP contribution in [0.4, 0.5) is 0 Å². The molecule has 0 bridgehead atoms. The van der Waals surface area contributed by atoms with E-state index < -0.39 is 5.41 Å². The largest absolute Gasteiger partial charge is 0.465 e. The van der Waals surface area contributed by atoms with Crippen LogP contribution in [0.1, 0.15) is 26.7 Å². The Labute approximate surface area is 68.9 Å². The van der Waals surface area contributed by atoms with Gasteiger partial charge in [-0.15, -0.1) is 0 Å². The smallest absolute Gasteiger partial charge is 0.305 e. The maximum atomic E-state index is 10.8. The summed E-state index contributed by atoms with van der Waals surface area (Å²) < 4.78 is 4.88. The molecule has 11 heavy (non-hydrogen) atoms. The number of hydrogen-bond acceptors (Lipinski definition) is 2. The second-order valence-corrected chi connectivity index (χ2v) is 3.22. The Morgan fingerprint density at radius 2 is 2.09 bits per heavy atom. The second kappa shape index (κ2) is 4.37. The molecule has 0 amide bonds. The van der Waals surface area contributed by atoms with Crippen LogP contribution in [0.15, 0.2) is 0 Å². The lowest BCUT2D eigenvalue weighted by Gasteiger charge is -2.17. The van der Waals surface area contributed by atoms with Crippen molar-refractivity contribution < 1.29 is 9.53 Å². The van der Waals surface area contributed by atoms with Crippen LogP contribution in [-0.2, 0) is 9.53 Å². The lowest BCUT2D eigenvalue weighted by Crippen LogP contribution is -2.18. The van der Waals surface area contributed by atoms with Crippen molar-refractivity contribution in [3.05, 3.63) is 13.8 Å². The summed E-state index contributed by atoms with van der Waals surface area (Å²) in [6.07, 6.45) is 1.31. The van der Waals surface area contributed by atoms with Crippen LogP contribution in [0, 0.1) is 19.3 Å². The summed E-state index contributed by atoms with van der Waals surface area (Å²) in [6.45, 7) is 11.5.